The Kier molecular flexibility index (Phi) is 3.39. The smallest absolute Gasteiger partial charge is 0.316 e. The number of aryl methyl sites for hydroxylation is 1. The zero-order chi connectivity index (χ0) is 14.2. The van der Waals surface area contributed by atoms with Crippen molar-refractivity contribution in [2.24, 2.45) is 7.05 Å². The molecule has 1 atom stereocenters. The Morgan fingerprint density at radius 1 is 1.37 bits per heavy atom. The molecule has 0 aliphatic heterocycles. The van der Waals surface area contributed by atoms with Gasteiger partial charge in [-0.05, 0) is 12.1 Å². The van der Waals surface area contributed by atoms with Crippen LogP contribution in [0.15, 0.2) is 34.0 Å². The second-order valence-electron chi connectivity index (χ2n) is 3.94. The van der Waals surface area contributed by atoms with Crippen molar-refractivity contribution in [2.75, 3.05) is 5.75 Å². The summed E-state index contributed by atoms with van der Waals surface area (Å²) >= 11 is 0. The first-order chi connectivity index (χ1) is 8.93. The number of para-hydroxylation sites is 1. The van der Waals surface area contributed by atoms with Crippen LogP contribution in [0.5, 0.6) is 5.75 Å². The van der Waals surface area contributed by atoms with E-state index in [2.05, 4.69) is 0 Å². The molecule has 0 aliphatic rings. The predicted octanol–water partition coefficient (Wildman–Crippen LogP) is 0.436. The zero-order valence-corrected chi connectivity index (χ0v) is 10.8. The lowest BCUT2D eigenvalue weighted by Gasteiger charge is -2.10. The predicted molar refractivity (Wildman–Crippen MR) is 69.8 cm³/mol. The number of hydrogen-bond acceptors (Lipinski definition) is 4. The third-order valence-electron chi connectivity index (χ3n) is 2.72. The molecule has 0 radical (unpaired) electrons. The molecule has 2 aromatic rings. The first kappa shape index (κ1) is 13.3. The minimum absolute atomic E-state index is 0.360. The van der Waals surface area contributed by atoms with Gasteiger partial charge in [-0.3, -0.25) is 13.8 Å². The molecular weight excluding hydrogens is 270 g/mol. The number of rotatable bonds is 3. The summed E-state index contributed by atoms with van der Waals surface area (Å²) in [7, 11) is -0.608. The second kappa shape index (κ2) is 4.85. The summed E-state index contributed by atoms with van der Waals surface area (Å²) in [6, 6.07) is 6.58. The highest BCUT2D eigenvalue weighted by atomic mass is 32.2. The van der Waals surface area contributed by atoms with Crippen LogP contribution < -0.4 is 5.56 Å². The van der Waals surface area contributed by atoms with Gasteiger partial charge in [0.2, 0.25) is 0 Å². The second-order valence-corrected chi connectivity index (χ2v) is 5.33. The standard InChI is InChI=1S/C12H11NO5S/c1-13-8-5-3-2-4-7(8)10(16)11(12(13)17)19(18)6-9(14)15/h2-5,16H,6H2,1H3,(H,14,15). The Morgan fingerprint density at radius 3 is 2.63 bits per heavy atom. The van der Waals surface area contributed by atoms with Gasteiger partial charge in [-0.2, -0.15) is 0 Å². The van der Waals surface area contributed by atoms with Crippen LogP contribution in [0.2, 0.25) is 0 Å². The van der Waals surface area contributed by atoms with Crippen molar-refractivity contribution in [3.8, 4) is 5.75 Å². The molecule has 6 nitrogen and oxygen atoms in total. The Balaban J connectivity index is 2.79. The van der Waals surface area contributed by atoms with E-state index in [9.17, 15) is 18.9 Å². The maximum Gasteiger partial charge on any atom is 0.316 e. The van der Waals surface area contributed by atoms with Gasteiger partial charge >= 0.3 is 5.97 Å². The van der Waals surface area contributed by atoms with Gasteiger partial charge in [0, 0.05) is 12.4 Å². The van der Waals surface area contributed by atoms with Gasteiger partial charge < -0.3 is 14.8 Å². The maximum absolute atomic E-state index is 12.0. The van der Waals surface area contributed by atoms with E-state index in [1.54, 1.807) is 24.3 Å². The van der Waals surface area contributed by atoms with Gasteiger partial charge in [-0.15, -0.1) is 0 Å². The number of hydrogen-bond donors (Lipinski definition) is 2. The third-order valence-corrected chi connectivity index (χ3v) is 4.05. The van der Waals surface area contributed by atoms with Crippen molar-refractivity contribution in [3.05, 3.63) is 34.6 Å². The lowest BCUT2D eigenvalue weighted by atomic mass is 10.2. The van der Waals surface area contributed by atoms with Crippen LogP contribution in [-0.4, -0.2) is 30.7 Å². The average molecular weight is 281 g/mol. The van der Waals surface area contributed by atoms with Crippen LogP contribution in [0.25, 0.3) is 10.9 Å². The summed E-state index contributed by atoms with van der Waals surface area (Å²) in [5, 5.41) is 19.0. The van der Waals surface area contributed by atoms with Crippen molar-refractivity contribution in [2.45, 2.75) is 4.90 Å². The average Bonchev–Trinajstić information content (AvgIpc) is 2.35. The maximum atomic E-state index is 12.0. The van der Waals surface area contributed by atoms with Gasteiger partial charge in [0.05, 0.1) is 16.3 Å². The van der Waals surface area contributed by atoms with E-state index in [1.165, 1.54) is 11.6 Å². The Labute approximate surface area is 110 Å². The number of pyridine rings is 1. The lowest BCUT2D eigenvalue weighted by molar-refractivity contribution is -0.133. The highest BCUT2D eigenvalue weighted by Crippen LogP contribution is 2.27. The Hall–Kier alpha value is -2.15. The number of aromatic nitrogens is 1. The summed E-state index contributed by atoms with van der Waals surface area (Å²) in [4.78, 5) is 22.2. The first-order valence-corrected chi connectivity index (χ1v) is 6.66. The Morgan fingerprint density at radius 2 is 2.00 bits per heavy atom. The number of carbonyl (C=O) groups is 1. The van der Waals surface area contributed by atoms with Gasteiger partial charge in [0.25, 0.3) is 5.56 Å². The minimum atomic E-state index is -2.09. The summed E-state index contributed by atoms with van der Waals surface area (Å²) in [6.07, 6.45) is 0. The number of nitrogens with zero attached hydrogens (tertiary/aromatic N) is 1. The van der Waals surface area contributed by atoms with Crippen LogP contribution >= 0.6 is 0 Å². The highest BCUT2D eigenvalue weighted by Gasteiger charge is 2.21. The molecule has 1 aromatic heterocycles. The topological polar surface area (TPSA) is 96.6 Å². The molecule has 0 bridgehead atoms. The molecule has 1 aromatic carbocycles. The van der Waals surface area contributed by atoms with Crippen LogP contribution in [0.1, 0.15) is 0 Å². The van der Waals surface area contributed by atoms with Crippen LogP contribution in [0, 0.1) is 0 Å². The number of carboxylic acid groups (broad SMARTS) is 1. The summed E-state index contributed by atoms with van der Waals surface area (Å²) < 4.78 is 13.1. The molecule has 0 saturated heterocycles. The lowest BCUT2D eigenvalue weighted by Crippen LogP contribution is -2.24. The van der Waals surface area contributed by atoms with Crippen molar-refractivity contribution in [1.29, 1.82) is 0 Å². The summed E-state index contributed by atoms with van der Waals surface area (Å²) in [6.45, 7) is 0. The quantitative estimate of drug-likeness (QED) is 0.850. The number of aromatic hydroxyl groups is 1. The fraction of sp³-hybridized carbons (Fsp3) is 0.167. The van der Waals surface area contributed by atoms with E-state index >= 15 is 0 Å². The molecule has 0 amide bonds. The molecular formula is C12H11NO5S. The fourth-order valence-electron chi connectivity index (χ4n) is 1.84. The molecule has 0 aliphatic carbocycles. The van der Waals surface area contributed by atoms with Crippen LogP contribution in [-0.2, 0) is 22.6 Å². The minimum Gasteiger partial charge on any atom is -0.506 e. The Bertz CT molecular complexity index is 750. The van der Waals surface area contributed by atoms with E-state index in [-0.39, 0.29) is 4.90 Å². The molecule has 2 rings (SSSR count). The molecule has 0 fully saturated rings. The monoisotopic (exact) mass is 281 g/mol. The molecule has 2 N–H and O–H groups in total. The van der Waals surface area contributed by atoms with Gasteiger partial charge in [0.15, 0.2) is 0 Å². The van der Waals surface area contributed by atoms with Crippen LogP contribution in [0.4, 0.5) is 0 Å². The van der Waals surface area contributed by atoms with Crippen LogP contribution in [0.3, 0.4) is 0 Å². The van der Waals surface area contributed by atoms with Gasteiger partial charge in [-0.25, -0.2) is 0 Å². The van der Waals surface area contributed by atoms with E-state index in [0.717, 1.165) is 0 Å². The van der Waals surface area contributed by atoms with E-state index in [0.29, 0.717) is 10.9 Å². The van der Waals surface area contributed by atoms with E-state index in [4.69, 9.17) is 5.11 Å². The molecule has 100 valence electrons. The molecule has 1 unspecified atom stereocenters. The van der Waals surface area contributed by atoms with Gasteiger partial charge in [0.1, 0.15) is 16.4 Å². The van der Waals surface area contributed by atoms with E-state index < -0.39 is 33.8 Å². The molecule has 7 heteroatoms. The molecule has 1 heterocycles. The highest BCUT2D eigenvalue weighted by molar-refractivity contribution is 7.85. The van der Waals surface area contributed by atoms with E-state index in [1.807, 2.05) is 0 Å². The molecule has 0 spiro atoms. The fourth-order valence-corrected chi connectivity index (χ4v) is 2.87. The van der Waals surface area contributed by atoms with Gasteiger partial charge in [-0.1, -0.05) is 12.1 Å². The first-order valence-electron chi connectivity index (χ1n) is 5.34. The molecule has 0 saturated carbocycles. The van der Waals surface area contributed by atoms with Crippen molar-refractivity contribution in [1.82, 2.24) is 4.57 Å². The number of aliphatic carboxylic acids is 1. The summed E-state index contributed by atoms with van der Waals surface area (Å²) in [5.74, 6) is -2.44. The zero-order valence-electron chi connectivity index (χ0n) is 9.99. The number of fused-ring (bicyclic) bond motifs is 1. The van der Waals surface area contributed by atoms with Crippen molar-refractivity contribution in [3.63, 3.8) is 0 Å². The third kappa shape index (κ3) is 2.24. The molecule has 19 heavy (non-hydrogen) atoms. The van der Waals surface area contributed by atoms with Crippen molar-refractivity contribution < 1.29 is 19.2 Å². The summed E-state index contributed by atoms with van der Waals surface area (Å²) in [5.41, 5.74) is -0.170. The van der Waals surface area contributed by atoms with Crippen molar-refractivity contribution >= 4 is 27.7 Å². The SMILES string of the molecule is Cn1c(=O)c(S(=O)CC(=O)O)c(O)c2ccccc21. The normalized spacial score (nSPS) is 12.5. The number of benzene rings is 1. The number of carboxylic acids is 1. The largest absolute Gasteiger partial charge is 0.506 e.